The van der Waals surface area contributed by atoms with E-state index in [9.17, 15) is 4.79 Å². The Labute approximate surface area is 117 Å². The molecule has 0 aromatic rings. The maximum Gasteiger partial charge on any atom is 0.237 e. The lowest BCUT2D eigenvalue weighted by Gasteiger charge is -2.50. The fourth-order valence-corrected chi connectivity index (χ4v) is 2.82. The highest BCUT2D eigenvalue weighted by atomic mass is 16.1. The van der Waals surface area contributed by atoms with Crippen LogP contribution < -0.4 is 11.5 Å². The summed E-state index contributed by atoms with van der Waals surface area (Å²) in [7, 11) is 6.40. The number of nitrogens with zero attached hydrogens (tertiary/aromatic N) is 2. The monoisotopic (exact) mass is 270 g/mol. The Kier molecular flexibility index (Phi) is 4.98. The van der Waals surface area contributed by atoms with Crippen molar-refractivity contribution in [3.63, 3.8) is 0 Å². The Morgan fingerprint density at radius 1 is 1.37 bits per heavy atom. The van der Waals surface area contributed by atoms with Gasteiger partial charge in [-0.1, -0.05) is 0 Å². The largest absolute Gasteiger partial charge is 0.368 e. The Balaban J connectivity index is 2.58. The van der Waals surface area contributed by atoms with Gasteiger partial charge in [0.1, 0.15) is 0 Å². The first-order valence-corrected chi connectivity index (χ1v) is 7.07. The number of hydrogen-bond donors (Lipinski definition) is 2. The van der Waals surface area contributed by atoms with Crippen LogP contribution in [0.4, 0.5) is 0 Å². The van der Waals surface area contributed by atoms with Crippen LogP contribution in [0.5, 0.6) is 0 Å². The quantitative estimate of drug-likeness (QED) is 0.701. The molecule has 1 amide bonds. The number of carbonyl (C=O) groups is 1. The molecule has 0 spiro atoms. The maximum atomic E-state index is 11.3. The van der Waals surface area contributed by atoms with Crippen molar-refractivity contribution in [3.8, 4) is 0 Å². The van der Waals surface area contributed by atoms with Crippen LogP contribution in [0.15, 0.2) is 0 Å². The van der Waals surface area contributed by atoms with Gasteiger partial charge in [-0.25, -0.2) is 0 Å². The average molecular weight is 270 g/mol. The fraction of sp³-hybridized carbons (Fsp3) is 0.929. The summed E-state index contributed by atoms with van der Waals surface area (Å²) in [5, 5.41) is 0. The van der Waals surface area contributed by atoms with Gasteiger partial charge in [-0.05, 0) is 60.7 Å². The topological polar surface area (TPSA) is 75.6 Å². The molecule has 1 aliphatic carbocycles. The second kappa shape index (κ2) is 5.77. The van der Waals surface area contributed by atoms with Crippen LogP contribution in [0, 0.1) is 0 Å². The highest BCUT2D eigenvalue weighted by Crippen LogP contribution is 2.37. The summed E-state index contributed by atoms with van der Waals surface area (Å²) >= 11 is 0. The number of nitrogens with two attached hydrogens (primary N) is 2. The first kappa shape index (κ1) is 16.4. The molecular formula is C14H30N4O. The summed E-state index contributed by atoms with van der Waals surface area (Å²) < 4.78 is 0. The molecule has 0 radical (unpaired) electrons. The Morgan fingerprint density at radius 2 is 1.89 bits per heavy atom. The van der Waals surface area contributed by atoms with Crippen molar-refractivity contribution in [2.45, 2.75) is 56.7 Å². The molecule has 1 aliphatic rings. The van der Waals surface area contributed by atoms with E-state index in [4.69, 9.17) is 11.5 Å². The van der Waals surface area contributed by atoms with Crippen molar-refractivity contribution in [1.29, 1.82) is 0 Å². The molecule has 19 heavy (non-hydrogen) atoms. The fourth-order valence-electron chi connectivity index (χ4n) is 2.82. The van der Waals surface area contributed by atoms with Crippen molar-refractivity contribution < 1.29 is 4.79 Å². The van der Waals surface area contributed by atoms with Crippen LogP contribution in [0.1, 0.15) is 39.5 Å². The lowest BCUT2D eigenvalue weighted by Crippen LogP contribution is -2.59. The molecule has 0 aliphatic heterocycles. The van der Waals surface area contributed by atoms with E-state index in [0.29, 0.717) is 12.0 Å². The lowest BCUT2D eigenvalue weighted by atomic mass is 9.75. The summed E-state index contributed by atoms with van der Waals surface area (Å²) in [5.41, 5.74) is 10.7. The van der Waals surface area contributed by atoms with Gasteiger partial charge in [0.25, 0.3) is 0 Å². The van der Waals surface area contributed by atoms with E-state index in [2.05, 4.69) is 37.9 Å². The summed E-state index contributed by atoms with van der Waals surface area (Å²) in [6.45, 7) is 4.83. The first-order valence-electron chi connectivity index (χ1n) is 7.07. The standard InChI is InChI=1S/C14H30N4O/c1-11(9-13(2,16)12(15)19)18(5)10-14(17(3)4)7-6-8-14/h11H,6-10,16H2,1-5H3,(H2,15,19). The summed E-state index contributed by atoms with van der Waals surface area (Å²) in [5.74, 6) is -0.432. The third-order valence-electron chi connectivity index (χ3n) is 4.81. The zero-order valence-corrected chi connectivity index (χ0v) is 13.1. The van der Waals surface area contributed by atoms with Crippen molar-refractivity contribution >= 4 is 5.91 Å². The third-order valence-corrected chi connectivity index (χ3v) is 4.81. The SMILES string of the molecule is CC(CC(C)(N)C(N)=O)N(C)CC1(N(C)C)CCC1. The van der Waals surface area contributed by atoms with E-state index >= 15 is 0 Å². The molecule has 0 aromatic carbocycles. The Hall–Kier alpha value is -0.650. The van der Waals surface area contributed by atoms with E-state index < -0.39 is 11.4 Å². The minimum atomic E-state index is -0.932. The van der Waals surface area contributed by atoms with E-state index in [1.54, 1.807) is 6.92 Å². The van der Waals surface area contributed by atoms with Gasteiger partial charge < -0.3 is 21.3 Å². The molecule has 1 fully saturated rings. The summed E-state index contributed by atoms with van der Waals surface area (Å²) in [6, 6.07) is 0.236. The molecule has 1 saturated carbocycles. The van der Waals surface area contributed by atoms with Crippen LogP contribution in [0.25, 0.3) is 0 Å². The maximum absolute atomic E-state index is 11.3. The molecule has 1 rings (SSSR count). The van der Waals surface area contributed by atoms with Gasteiger partial charge in [0.15, 0.2) is 0 Å². The number of hydrogen-bond acceptors (Lipinski definition) is 4. The van der Waals surface area contributed by atoms with Crippen LogP contribution in [-0.2, 0) is 4.79 Å². The molecule has 5 nitrogen and oxygen atoms in total. The minimum absolute atomic E-state index is 0.236. The van der Waals surface area contributed by atoms with E-state index in [0.717, 1.165) is 6.54 Å². The molecule has 0 saturated heterocycles. The number of likely N-dealkylation sites (N-methyl/N-ethyl adjacent to an activating group) is 2. The number of carbonyl (C=O) groups excluding carboxylic acids is 1. The van der Waals surface area contributed by atoms with Crippen molar-refractivity contribution in [2.75, 3.05) is 27.7 Å². The van der Waals surface area contributed by atoms with Crippen LogP contribution >= 0.6 is 0 Å². The summed E-state index contributed by atoms with van der Waals surface area (Å²) in [6.07, 6.45) is 4.37. The molecule has 0 bridgehead atoms. The molecular weight excluding hydrogens is 240 g/mol. The smallest absolute Gasteiger partial charge is 0.237 e. The van der Waals surface area contributed by atoms with E-state index in [-0.39, 0.29) is 6.04 Å². The molecule has 5 heteroatoms. The highest BCUT2D eigenvalue weighted by Gasteiger charge is 2.41. The predicted molar refractivity (Wildman–Crippen MR) is 78.8 cm³/mol. The summed E-state index contributed by atoms with van der Waals surface area (Å²) in [4.78, 5) is 15.9. The number of primary amides is 1. The van der Waals surface area contributed by atoms with Crippen molar-refractivity contribution in [1.82, 2.24) is 9.80 Å². The normalized spacial score (nSPS) is 22.9. The highest BCUT2D eigenvalue weighted by molar-refractivity contribution is 5.83. The van der Waals surface area contributed by atoms with Crippen molar-refractivity contribution in [2.24, 2.45) is 11.5 Å². The van der Waals surface area contributed by atoms with Gasteiger partial charge >= 0.3 is 0 Å². The molecule has 2 unspecified atom stereocenters. The molecule has 0 heterocycles. The van der Waals surface area contributed by atoms with Gasteiger partial charge in [-0.3, -0.25) is 4.79 Å². The van der Waals surface area contributed by atoms with Gasteiger partial charge in [-0.15, -0.1) is 0 Å². The second-order valence-electron chi connectivity index (χ2n) is 6.72. The lowest BCUT2D eigenvalue weighted by molar-refractivity contribution is -0.123. The van der Waals surface area contributed by atoms with Gasteiger partial charge in [0, 0.05) is 18.1 Å². The molecule has 112 valence electrons. The number of amides is 1. The van der Waals surface area contributed by atoms with E-state index in [1.807, 2.05) is 0 Å². The van der Waals surface area contributed by atoms with Gasteiger partial charge in [0.2, 0.25) is 5.91 Å². The molecule has 2 atom stereocenters. The van der Waals surface area contributed by atoms with Gasteiger partial charge in [-0.2, -0.15) is 0 Å². The Bertz CT molecular complexity index is 323. The second-order valence-corrected chi connectivity index (χ2v) is 6.72. The zero-order chi connectivity index (χ0) is 14.8. The predicted octanol–water partition coefficient (Wildman–Crippen LogP) is 0.384. The first-order chi connectivity index (χ1) is 8.61. The Morgan fingerprint density at radius 3 is 2.21 bits per heavy atom. The van der Waals surface area contributed by atoms with Crippen LogP contribution in [0.3, 0.4) is 0 Å². The van der Waals surface area contributed by atoms with Crippen LogP contribution in [0.2, 0.25) is 0 Å². The zero-order valence-electron chi connectivity index (χ0n) is 13.1. The average Bonchev–Trinajstić information content (AvgIpc) is 2.21. The molecule has 0 aromatic heterocycles. The van der Waals surface area contributed by atoms with Gasteiger partial charge in [0.05, 0.1) is 5.54 Å². The molecule has 4 N–H and O–H groups in total. The number of rotatable bonds is 7. The van der Waals surface area contributed by atoms with Crippen molar-refractivity contribution in [3.05, 3.63) is 0 Å². The van der Waals surface area contributed by atoms with Crippen LogP contribution in [-0.4, -0.2) is 60.5 Å². The minimum Gasteiger partial charge on any atom is -0.368 e. The van der Waals surface area contributed by atoms with E-state index in [1.165, 1.54) is 19.3 Å². The third kappa shape index (κ3) is 3.68.